The molecule has 0 aliphatic heterocycles. The minimum absolute atomic E-state index is 0.575. The van der Waals surface area contributed by atoms with E-state index in [0.717, 1.165) is 67.3 Å². The summed E-state index contributed by atoms with van der Waals surface area (Å²) in [6, 6.07) is 37.3. The highest BCUT2D eigenvalue weighted by Crippen LogP contribution is 2.34. The second-order valence-electron chi connectivity index (χ2n) is 10.2. The third kappa shape index (κ3) is 3.74. The normalized spacial score (nSPS) is 14.4. The average molecular weight is 528 g/mol. The highest BCUT2D eigenvalue weighted by molar-refractivity contribution is 6.21. The van der Waals surface area contributed by atoms with Crippen LogP contribution in [-0.2, 0) is 0 Å². The molecule has 0 radical (unpaired) electrons. The van der Waals surface area contributed by atoms with Gasteiger partial charge in [-0.15, -0.1) is 0 Å². The second-order valence-corrected chi connectivity index (χ2v) is 10.2. The Hall–Kier alpha value is -5.55. The third-order valence-electron chi connectivity index (χ3n) is 7.77. The molecule has 8 rings (SSSR count). The van der Waals surface area contributed by atoms with Crippen LogP contribution in [0, 0.1) is 0 Å². The zero-order chi connectivity index (χ0) is 27.3. The number of aromatic nitrogens is 3. The van der Waals surface area contributed by atoms with Gasteiger partial charge in [-0.3, -0.25) is 8.97 Å². The maximum Gasteiger partial charge on any atom is 0.235 e. The van der Waals surface area contributed by atoms with Crippen LogP contribution in [0.5, 0.6) is 0 Å². The fourth-order valence-corrected chi connectivity index (χ4v) is 5.86. The van der Waals surface area contributed by atoms with E-state index in [9.17, 15) is 0 Å². The van der Waals surface area contributed by atoms with E-state index < -0.39 is 0 Å². The number of benzene rings is 4. The molecule has 4 aromatic carbocycles. The van der Waals surface area contributed by atoms with Crippen LogP contribution >= 0.6 is 0 Å². The van der Waals surface area contributed by atoms with Crippen LogP contribution in [0.15, 0.2) is 138 Å². The molecule has 0 spiro atoms. The summed E-state index contributed by atoms with van der Waals surface area (Å²) in [5.41, 5.74) is 9.85. The number of hydrogen-bond acceptors (Lipinski definition) is 2. The van der Waals surface area contributed by atoms with Gasteiger partial charge >= 0.3 is 0 Å². The maximum atomic E-state index is 5.30. The van der Waals surface area contributed by atoms with Crippen LogP contribution in [0.25, 0.3) is 50.3 Å². The molecule has 0 saturated heterocycles. The summed E-state index contributed by atoms with van der Waals surface area (Å²) in [6.07, 6.45) is 7.14. The van der Waals surface area contributed by atoms with Gasteiger partial charge in [0.05, 0.1) is 38.9 Å². The van der Waals surface area contributed by atoms with Crippen molar-refractivity contribution >= 4 is 61.9 Å². The van der Waals surface area contributed by atoms with Crippen molar-refractivity contribution in [2.75, 3.05) is 0 Å². The first-order valence-electron chi connectivity index (χ1n) is 13.7. The monoisotopic (exact) mass is 527 g/mol. The Morgan fingerprint density at radius 1 is 0.756 bits per heavy atom. The van der Waals surface area contributed by atoms with E-state index in [1.54, 1.807) is 0 Å². The summed E-state index contributed by atoms with van der Waals surface area (Å²) < 4.78 is 4.33. The summed E-state index contributed by atoms with van der Waals surface area (Å²) in [7, 11) is 0. The minimum atomic E-state index is 0.575. The Labute approximate surface area is 236 Å². The lowest BCUT2D eigenvalue weighted by molar-refractivity contribution is 1.19. The SMILES string of the molecule is C=C(N=C(N=C1CC=Cc2ccccc21)n1c2ccccc2c2c1ccn1c3ccccc3nc21)c1ccccc1. The Morgan fingerprint density at radius 3 is 2.41 bits per heavy atom. The van der Waals surface area contributed by atoms with E-state index in [1.165, 1.54) is 0 Å². The lowest BCUT2D eigenvalue weighted by Crippen LogP contribution is -2.15. The molecular weight excluding hydrogens is 502 g/mol. The van der Waals surface area contributed by atoms with Crippen molar-refractivity contribution < 1.29 is 0 Å². The predicted molar refractivity (Wildman–Crippen MR) is 171 cm³/mol. The van der Waals surface area contributed by atoms with Gasteiger partial charge in [0.1, 0.15) is 5.65 Å². The fraction of sp³-hybridized carbons (Fsp3) is 0.0278. The first-order chi connectivity index (χ1) is 20.3. The minimum Gasteiger partial charge on any atom is -0.299 e. The lowest BCUT2D eigenvalue weighted by atomic mass is 9.96. The van der Waals surface area contributed by atoms with Gasteiger partial charge in [-0.25, -0.2) is 15.0 Å². The molecule has 3 heterocycles. The topological polar surface area (TPSA) is 47.0 Å². The van der Waals surface area contributed by atoms with Gasteiger partial charge in [0.2, 0.25) is 5.96 Å². The highest BCUT2D eigenvalue weighted by atomic mass is 15.2. The number of nitrogens with zero attached hydrogens (tertiary/aromatic N) is 5. The zero-order valence-corrected chi connectivity index (χ0v) is 22.3. The Balaban J connectivity index is 1.45. The molecule has 0 N–H and O–H groups in total. The predicted octanol–water partition coefficient (Wildman–Crippen LogP) is 8.38. The van der Waals surface area contributed by atoms with Crippen molar-refractivity contribution in [1.82, 2.24) is 14.0 Å². The van der Waals surface area contributed by atoms with E-state index in [-0.39, 0.29) is 0 Å². The van der Waals surface area contributed by atoms with Crippen molar-refractivity contribution in [3.8, 4) is 0 Å². The summed E-state index contributed by atoms with van der Waals surface area (Å²) in [5, 5.41) is 2.17. The van der Waals surface area contributed by atoms with Crippen LogP contribution in [0.4, 0.5) is 0 Å². The number of imidazole rings is 1. The van der Waals surface area contributed by atoms with Gasteiger partial charge in [0, 0.05) is 23.6 Å². The molecule has 1 aliphatic carbocycles. The van der Waals surface area contributed by atoms with Crippen LogP contribution < -0.4 is 0 Å². The van der Waals surface area contributed by atoms with Gasteiger partial charge < -0.3 is 0 Å². The average Bonchev–Trinajstić information content (AvgIpc) is 3.57. The molecule has 7 aromatic rings. The molecule has 1 aliphatic rings. The molecule has 0 fully saturated rings. The number of hydrogen-bond donors (Lipinski definition) is 0. The molecule has 0 atom stereocenters. The number of allylic oxidation sites excluding steroid dienone is 1. The largest absolute Gasteiger partial charge is 0.299 e. The van der Waals surface area contributed by atoms with Crippen LogP contribution in [0.3, 0.4) is 0 Å². The van der Waals surface area contributed by atoms with Crippen LogP contribution in [-0.4, -0.2) is 25.6 Å². The molecule has 0 saturated carbocycles. The second kappa shape index (κ2) is 9.28. The van der Waals surface area contributed by atoms with Crippen molar-refractivity contribution in [2.45, 2.75) is 6.42 Å². The smallest absolute Gasteiger partial charge is 0.235 e. The third-order valence-corrected chi connectivity index (χ3v) is 7.77. The number of fused-ring (bicyclic) bond motifs is 8. The summed E-state index contributed by atoms with van der Waals surface area (Å²) in [4.78, 5) is 15.5. The fourth-order valence-electron chi connectivity index (χ4n) is 5.86. The highest BCUT2D eigenvalue weighted by Gasteiger charge is 2.21. The van der Waals surface area contributed by atoms with Crippen molar-refractivity contribution in [3.05, 3.63) is 145 Å². The number of aliphatic imine (C=N–C) groups is 2. The Kier molecular flexibility index (Phi) is 5.28. The molecular formula is C36H25N5. The van der Waals surface area contributed by atoms with Crippen molar-refractivity contribution in [3.63, 3.8) is 0 Å². The van der Waals surface area contributed by atoms with Crippen LogP contribution in [0.2, 0.25) is 0 Å². The summed E-state index contributed by atoms with van der Waals surface area (Å²) >= 11 is 0. The molecule has 3 aromatic heterocycles. The molecule has 194 valence electrons. The van der Waals surface area contributed by atoms with Gasteiger partial charge in [-0.2, -0.15) is 0 Å². The summed E-state index contributed by atoms with van der Waals surface area (Å²) in [6.45, 7) is 4.35. The molecule has 5 nitrogen and oxygen atoms in total. The summed E-state index contributed by atoms with van der Waals surface area (Å²) in [5.74, 6) is 0.575. The first-order valence-corrected chi connectivity index (χ1v) is 13.7. The molecule has 0 bridgehead atoms. The number of pyridine rings is 1. The molecule has 0 amide bonds. The first kappa shape index (κ1) is 23.3. The van der Waals surface area contributed by atoms with E-state index in [4.69, 9.17) is 15.0 Å². The quantitative estimate of drug-likeness (QED) is 0.165. The molecule has 0 unspecified atom stereocenters. The maximum absolute atomic E-state index is 5.30. The van der Waals surface area contributed by atoms with Gasteiger partial charge in [-0.1, -0.05) is 104 Å². The van der Waals surface area contributed by atoms with Gasteiger partial charge in [0.15, 0.2) is 0 Å². The lowest BCUT2D eigenvalue weighted by Gasteiger charge is -2.15. The van der Waals surface area contributed by atoms with E-state index in [1.807, 2.05) is 36.4 Å². The Bertz CT molecular complexity index is 2240. The van der Waals surface area contributed by atoms with Gasteiger partial charge in [0.25, 0.3) is 0 Å². The number of para-hydroxylation sites is 3. The van der Waals surface area contributed by atoms with E-state index in [0.29, 0.717) is 11.7 Å². The van der Waals surface area contributed by atoms with E-state index >= 15 is 0 Å². The zero-order valence-electron chi connectivity index (χ0n) is 22.3. The Morgan fingerprint density at radius 2 is 1.51 bits per heavy atom. The van der Waals surface area contributed by atoms with Gasteiger partial charge in [-0.05, 0) is 35.4 Å². The van der Waals surface area contributed by atoms with E-state index in [2.05, 4.69) is 107 Å². The molecule has 5 heteroatoms. The number of rotatable bonds is 2. The van der Waals surface area contributed by atoms with Crippen molar-refractivity contribution in [2.24, 2.45) is 9.98 Å². The molecule has 41 heavy (non-hydrogen) atoms. The standard InChI is InChI=1S/C36H25N5/c1-24(25-12-3-2-4-13-25)37-36(39-29-19-11-15-26-14-5-6-16-27(26)29)41-31-20-9-7-17-28(31)34-33(41)22-23-40-32-21-10-8-18-30(32)38-35(34)40/h2-18,20-23H,1,19H2. The van der Waals surface area contributed by atoms with Crippen molar-refractivity contribution in [1.29, 1.82) is 0 Å². The van der Waals surface area contributed by atoms with Crippen LogP contribution in [0.1, 0.15) is 23.1 Å².